The van der Waals surface area contributed by atoms with Crippen LogP contribution in [-0.2, 0) is 27.3 Å². The number of halogens is 2. The number of rotatable bonds is 12. The van der Waals surface area contributed by atoms with Crippen molar-refractivity contribution in [3.05, 3.63) is 89.0 Å². The molecular formula is C54H72F2N6O5. The smallest absolute Gasteiger partial charge is 0.249 e. The van der Waals surface area contributed by atoms with Gasteiger partial charge in [-0.1, -0.05) is 59.1 Å². The van der Waals surface area contributed by atoms with Gasteiger partial charge in [0.1, 0.15) is 24.1 Å². The van der Waals surface area contributed by atoms with E-state index in [0.717, 1.165) is 111 Å². The number of benzene rings is 3. The number of hydrogen-bond acceptors (Lipinski definition) is 10. The zero-order valence-electron chi connectivity index (χ0n) is 40.6. The Labute approximate surface area is 396 Å². The molecule has 362 valence electrons. The van der Waals surface area contributed by atoms with Gasteiger partial charge in [-0.25, -0.2) is 8.78 Å². The zero-order chi connectivity index (χ0) is 47.6. The number of anilines is 3. The average molecular weight is 923 g/mol. The lowest BCUT2D eigenvalue weighted by molar-refractivity contribution is -0.136. The summed E-state index contributed by atoms with van der Waals surface area (Å²) < 4.78 is 40.9. The Kier molecular flexibility index (Phi) is 14.9. The van der Waals surface area contributed by atoms with Crippen LogP contribution in [-0.4, -0.2) is 112 Å². The summed E-state index contributed by atoms with van der Waals surface area (Å²) in [4.78, 5) is 34.2. The largest absolute Gasteiger partial charge is 0.496 e. The average Bonchev–Trinajstić information content (AvgIpc) is 3.65. The molecule has 11 nitrogen and oxygen atoms in total. The number of nitrogens with zero attached hydrogens (tertiary/aromatic N) is 4. The van der Waals surface area contributed by atoms with Crippen molar-refractivity contribution in [1.29, 1.82) is 0 Å². The van der Waals surface area contributed by atoms with Crippen molar-refractivity contribution in [2.24, 2.45) is 11.8 Å². The van der Waals surface area contributed by atoms with Crippen molar-refractivity contribution in [3.8, 4) is 11.5 Å². The molecule has 4 fully saturated rings. The molecule has 1 spiro atoms. The second-order valence-corrected chi connectivity index (χ2v) is 19.9. The highest BCUT2D eigenvalue weighted by atomic mass is 19.3. The van der Waals surface area contributed by atoms with Crippen LogP contribution in [0.25, 0.3) is 11.8 Å². The first-order valence-electron chi connectivity index (χ1n) is 24.6. The van der Waals surface area contributed by atoms with E-state index in [0.29, 0.717) is 43.9 Å². The van der Waals surface area contributed by atoms with Gasteiger partial charge in [-0.3, -0.25) is 19.8 Å². The Morgan fingerprint density at radius 1 is 0.985 bits per heavy atom. The number of imide groups is 1. The van der Waals surface area contributed by atoms with E-state index in [1.54, 1.807) is 7.11 Å². The summed E-state index contributed by atoms with van der Waals surface area (Å²) >= 11 is 0. The van der Waals surface area contributed by atoms with Gasteiger partial charge in [0.25, 0.3) is 0 Å². The van der Waals surface area contributed by atoms with Crippen LogP contribution in [0.2, 0.25) is 0 Å². The molecule has 6 aliphatic heterocycles. The highest BCUT2D eigenvalue weighted by molar-refractivity contribution is 6.01. The van der Waals surface area contributed by atoms with Gasteiger partial charge in [0.2, 0.25) is 18.2 Å². The summed E-state index contributed by atoms with van der Waals surface area (Å²) in [5.74, 6) is 2.64. The summed E-state index contributed by atoms with van der Waals surface area (Å²) in [5, 5.41) is 5.87. The first kappa shape index (κ1) is 48.3. The van der Waals surface area contributed by atoms with Gasteiger partial charge in [0.05, 0.1) is 31.0 Å². The highest BCUT2D eigenvalue weighted by Crippen LogP contribution is 2.45. The van der Waals surface area contributed by atoms with E-state index >= 15 is 0 Å². The topological polar surface area (TPSA) is 98.9 Å². The first-order valence-corrected chi connectivity index (χ1v) is 24.6. The minimum atomic E-state index is -2.12. The predicted octanol–water partition coefficient (Wildman–Crippen LogP) is 9.33. The van der Waals surface area contributed by atoms with Crippen LogP contribution < -0.4 is 29.9 Å². The Morgan fingerprint density at radius 2 is 1.75 bits per heavy atom. The molecule has 0 saturated carbocycles. The Balaban J connectivity index is 0.00000116. The van der Waals surface area contributed by atoms with Crippen molar-refractivity contribution in [3.63, 3.8) is 0 Å². The summed E-state index contributed by atoms with van der Waals surface area (Å²) in [6.07, 6.45) is 6.12. The van der Waals surface area contributed by atoms with Crippen molar-refractivity contribution in [2.45, 2.75) is 116 Å². The van der Waals surface area contributed by atoms with Crippen LogP contribution in [0.15, 0.2) is 55.6 Å². The molecule has 4 saturated heterocycles. The molecule has 9 rings (SSSR count). The van der Waals surface area contributed by atoms with Crippen molar-refractivity contribution in [1.82, 2.24) is 15.1 Å². The standard InChI is InChI=1S/C51H66N6O5.C3H6F2/c1-8-39-43(23-32(2)3)40(11-12-44(39)52-6)33(4)41-10-9-37(25-47(41)60-7)55-19-17-51(18-20-55)16-15-35(30-62-51)27-54-21-22-56-38(29-54)31-61-48-26-42-34(5)57(28-36(42)24-46(48)56)45-13-14-49(58)53-50(45)59;1-2-3(4)5/h8-12,24-26,32-33,35,38,45,52H,1,5,13-23,27-31H2,2-4,6-7H3,(H,53,58,59);3H,2H2,1H3/t33-,35?,38?,45?;/m0./s1. The van der Waals surface area contributed by atoms with E-state index in [9.17, 15) is 18.4 Å². The lowest BCUT2D eigenvalue weighted by Gasteiger charge is -2.48. The quantitative estimate of drug-likeness (QED) is 0.171. The van der Waals surface area contributed by atoms with E-state index in [2.05, 4.69) is 107 Å². The van der Waals surface area contributed by atoms with E-state index in [1.807, 2.05) is 13.1 Å². The molecule has 0 radical (unpaired) electrons. The Morgan fingerprint density at radius 3 is 2.40 bits per heavy atom. The molecule has 2 N–H and O–H groups in total. The maximum absolute atomic E-state index is 12.7. The minimum absolute atomic E-state index is 0.0278. The monoisotopic (exact) mass is 923 g/mol. The molecule has 0 aliphatic carbocycles. The fourth-order valence-electron chi connectivity index (χ4n) is 11.4. The van der Waals surface area contributed by atoms with Crippen LogP contribution in [0.5, 0.6) is 11.5 Å². The normalized spacial score (nSPS) is 22.9. The van der Waals surface area contributed by atoms with E-state index < -0.39 is 6.43 Å². The third kappa shape index (κ3) is 10.2. The molecule has 67 heavy (non-hydrogen) atoms. The lowest BCUT2D eigenvalue weighted by Crippen LogP contribution is -2.58. The lowest BCUT2D eigenvalue weighted by atomic mass is 9.81. The number of piperidine rings is 2. The Hall–Kier alpha value is -5.14. The van der Waals surface area contributed by atoms with Gasteiger partial charge in [-0.15, -0.1) is 0 Å². The number of carbonyl (C=O) groups excluding carboxylic acids is 2. The molecular weight excluding hydrogens is 851 g/mol. The number of methoxy groups -OCH3 is 1. The molecule has 6 aliphatic rings. The van der Waals surface area contributed by atoms with Crippen molar-refractivity contribution >= 4 is 40.6 Å². The van der Waals surface area contributed by atoms with Gasteiger partial charge in [-0.05, 0) is 91.3 Å². The second kappa shape index (κ2) is 20.6. The third-order valence-electron chi connectivity index (χ3n) is 15.2. The van der Waals surface area contributed by atoms with E-state index in [-0.39, 0.29) is 35.8 Å². The number of nitrogens with one attached hydrogen (secondary N) is 2. The molecule has 3 aromatic carbocycles. The summed E-state index contributed by atoms with van der Waals surface area (Å²) in [5.41, 5.74) is 11.6. The summed E-state index contributed by atoms with van der Waals surface area (Å²) in [7, 11) is 3.78. The predicted molar refractivity (Wildman–Crippen MR) is 265 cm³/mol. The molecule has 4 atom stereocenters. The third-order valence-corrected chi connectivity index (χ3v) is 15.2. The van der Waals surface area contributed by atoms with Gasteiger partial charge < -0.3 is 34.2 Å². The van der Waals surface area contributed by atoms with Crippen LogP contribution in [0, 0.1) is 11.8 Å². The number of piperazine rings is 1. The van der Waals surface area contributed by atoms with Crippen molar-refractivity contribution < 1.29 is 32.6 Å². The molecule has 3 unspecified atom stereocenters. The van der Waals surface area contributed by atoms with E-state index in [4.69, 9.17) is 14.2 Å². The number of carbonyl (C=O) groups is 2. The van der Waals surface area contributed by atoms with Gasteiger partial charge in [-0.2, -0.15) is 0 Å². The van der Waals surface area contributed by atoms with Crippen molar-refractivity contribution in [2.75, 3.05) is 81.8 Å². The van der Waals surface area contributed by atoms with Crippen LogP contribution >= 0.6 is 0 Å². The summed E-state index contributed by atoms with van der Waals surface area (Å²) in [6.45, 7) is 24.9. The summed E-state index contributed by atoms with van der Waals surface area (Å²) in [6, 6.07) is 15.6. The number of alkyl halides is 2. The molecule has 2 amide bonds. The number of amides is 2. The Bertz CT molecular complexity index is 2300. The molecule has 6 heterocycles. The molecule has 3 aromatic rings. The number of hydrogen-bond donors (Lipinski definition) is 2. The van der Waals surface area contributed by atoms with Crippen LogP contribution in [0.4, 0.5) is 25.8 Å². The molecule has 0 aromatic heterocycles. The van der Waals surface area contributed by atoms with E-state index in [1.165, 1.54) is 41.3 Å². The van der Waals surface area contributed by atoms with Gasteiger partial charge in [0, 0.05) is 111 Å². The zero-order valence-corrected chi connectivity index (χ0v) is 40.6. The highest BCUT2D eigenvalue weighted by Gasteiger charge is 2.42. The maximum Gasteiger partial charge on any atom is 0.249 e. The molecule has 13 heteroatoms. The maximum atomic E-state index is 12.7. The number of ether oxygens (including phenoxy) is 3. The number of fused-ring (bicyclic) bond motifs is 4. The first-order chi connectivity index (χ1) is 32.2. The van der Waals surface area contributed by atoms with Crippen LogP contribution in [0.1, 0.15) is 112 Å². The van der Waals surface area contributed by atoms with Crippen LogP contribution in [0.3, 0.4) is 0 Å². The molecule has 0 bridgehead atoms. The van der Waals surface area contributed by atoms with Gasteiger partial charge in [0.15, 0.2) is 0 Å². The second-order valence-electron chi connectivity index (χ2n) is 19.9. The fourth-order valence-corrected chi connectivity index (χ4v) is 11.4. The SMILES string of the molecule is C=Cc1c(NC)ccc([C@H](C)c2ccc(N3CCC4(CCC(CN5CCN6c7cc8c(cc7OCC6C5)C(=C)N(C5CCC(=O)NC5=O)C8)CO4)CC3)cc2OC)c1CC(C)C.CCC(F)F. The fraction of sp³-hybridized carbons (Fsp3) is 0.556. The minimum Gasteiger partial charge on any atom is -0.496 e. The van der Waals surface area contributed by atoms with Gasteiger partial charge >= 0.3 is 0 Å².